The third-order valence-corrected chi connectivity index (χ3v) is 5.68. The fourth-order valence-electron chi connectivity index (χ4n) is 4.01. The predicted molar refractivity (Wildman–Crippen MR) is 112 cm³/mol. The number of aliphatic hydroxyl groups excluding tert-OH is 2. The molecule has 0 radical (unpaired) electrons. The summed E-state index contributed by atoms with van der Waals surface area (Å²) in [6, 6.07) is 5.61. The fraction of sp³-hybridized carbons (Fsp3) is 0.500. The molecule has 1 aliphatic heterocycles. The van der Waals surface area contributed by atoms with Crippen molar-refractivity contribution in [3.8, 4) is 5.88 Å². The second kappa shape index (κ2) is 9.97. The maximum atomic E-state index is 11.6. The van der Waals surface area contributed by atoms with Gasteiger partial charge >= 0.3 is 0 Å². The summed E-state index contributed by atoms with van der Waals surface area (Å²) in [7, 11) is 1.58. The minimum atomic E-state index is -0.919. The van der Waals surface area contributed by atoms with Gasteiger partial charge in [-0.1, -0.05) is 6.58 Å². The normalized spacial score (nSPS) is 22.6. The minimum absolute atomic E-state index is 0.0494. The third kappa shape index (κ3) is 5.13. The first-order chi connectivity index (χ1) is 14.4. The summed E-state index contributed by atoms with van der Waals surface area (Å²) in [4.78, 5) is 20.5. The largest absolute Gasteiger partial charge is 0.481 e. The number of hydrogen-bond acceptors (Lipinski definition) is 7. The van der Waals surface area contributed by atoms with E-state index >= 15 is 0 Å². The summed E-state index contributed by atoms with van der Waals surface area (Å²) in [5.41, 5.74) is 8.38. The highest BCUT2D eigenvalue weighted by Gasteiger charge is 2.35. The van der Waals surface area contributed by atoms with Gasteiger partial charge in [0.05, 0.1) is 43.1 Å². The van der Waals surface area contributed by atoms with Crippen molar-refractivity contribution in [3.63, 3.8) is 0 Å². The molecule has 0 aromatic carbocycles. The van der Waals surface area contributed by atoms with E-state index in [2.05, 4.69) is 16.5 Å². The summed E-state index contributed by atoms with van der Waals surface area (Å²) in [5, 5.41) is 19.1. The number of carbonyl (C=O) groups is 1. The molecule has 1 amide bonds. The van der Waals surface area contributed by atoms with E-state index in [1.165, 1.54) is 0 Å². The lowest BCUT2D eigenvalue weighted by Gasteiger charge is -2.38. The van der Waals surface area contributed by atoms with Gasteiger partial charge in [0.2, 0.25) is 11.8 Å². The Morgan fingerprint density at radius 2 is 2.20 bits per heavy atom. The molecule has 1 fully saturated rings. The number of aromatic nitrogens is 2. The van der Waals surface area contributed by atoms with E-state index in [9.17, 15) is 15.0 Å². The summed E-state index contributed by atoms with van der Waals surface area (Å²) >= 11 is 0. The molecule has 0 aliphatic carbocycles. The number of methoxy groups -OCH3 is 1. The van der Waals surface area contributed by atoms with Crippen molar-refractivity contribution in [2.24, 2.45) is 11.7 Å². The van der Waals surface area contributed by atoms with Crippen LogP contribution < -0.4 is 10.5 Å². The summed E-state index contributed by atoms with van der Waals surface area (Å²) < 4.78 is 11.5. The number of primary amides is 1. The first-order valence-corrected chi connectivity index (χ1v) is 10.1. The van der Waals surface area contributed by atoms with Crippen molar-refractivity contribution in [3.05, 3.63) is 42.1 Å². The topological polar surface area (TPSA) is 128 Å². The minimum Gasteiger partial charge on any atom is -0.481 e. The molecule has 0 unspecified atom stereocenters. The molecule has 3 rings (SSSR count). The number of rotatable bonds is 9. The van der Waals surface area contributed by atoms with E-state index in [0.29, 0.717) is 17.9 Å². The second-order valence-corrected chi connectivity index (χ2v) is 7.67. The Bertz CT molecular complexity index is 903. The Labute approximate surface area is 175 Å². The highest BCUT2D eigenvalue weighted by atomic mass is 16.5. The van der Waals surface area contributed by atoms with Crippen molar-refractivity contribution < 1.29 is 24.5 Å². The fourth-order valence-corrected chi connectivity index (χ4v) is 4.01. The molecular weight excluding hydrogens is 386 g/mol. The molecule has 1 aliphatic rings. The average molecular weight is 415 g/mol. The number of aliphatic hydroxyl groups is 2. The smallest absolute Gasteiger partial charge is 0.244 e. The van der Waals surface area contributed by atoms with Gasteiger partial charge in [-0.05, 0) is 43.4 Å². The SMILES string of the molecule is C=C(C(N)=O)[C@H]1CC[C@H](CCc2ccnc3ccc(OC)nc23)O[C@@H]1C[C@@H](O)CO. The van der Waals surface area contributed by atoms with E-state index in [0.717, 1.165) is 35.9 Å². The van der Waals surface area contributed by atoms with Crippen LogP contribution in [0.25, 0.3) is 11.0 Å². The van der Waals surface area contributed by atoms with Crippen molar-refractivity contribution in [1.82, 2.24) is 9.97 Å². The zero-order chi connectivity index (χ0) is 21.7. The molecule has 0 saturated carbocycles. The molecule has 3 heterocycles. The Morgan fingerprint density at radius 1 is 1.40 bits per heavy atom. The zero-order valence-electron chi connectivity index (χ0n) is 17.2. The Kier molecular flexibility index (Phi) is 7.36. The first-order valence-electron chi connectivity index (χ1n) is 10.1. The van der Waals surface area contributed by atoms with Gasteiger partial charge in [0.25, 0.3) is 0 Å². The van der Waals surface area contributed by atoms with Gasteiger partial charge in [0.15, 0.2) is 0 Å². The van der Waals surface area contributed by atoms with Crippen LogP contribution in [0.2, 0.25) is 0 Å². The average Bonchev–Trinajstić information content (AvgIpc) is 2.76. The first kappa shape index (κ1) is 22.1. The zero-order valence-corrected chi connectivity index (χ0v) is 17.2. The number of ether oxygens (including phenoxy) is 2. The quantitative estimate of drug-likeness (QED) is 0.530. The van der Waals surface area contributed by atoms with Crippen molar-refractivity contribution in [2.75, 3.05) is 13.7 Å². The molecule has 8 nitrogen and oxygen atoms in total. The van der Waals surface area contributed by atoms with Crippen LogP contribution in [0.15, 0.2) is 36.5 Å². The number of fused-ring (bicyclic) bond motifs is 1. The van der Waals surface area contributed by atoms with Crippen molar-refractivity contribution in [2.45, 2.75) is 50.4 Å². The molecule has 30 heavy (non-hydrogen) atoms. The molecule has 0 bridgehead atoms. The van der Waals surface area contributed by atoms with Gasteiger partial charge in [-0.25, -0.2) is 4.98 Å². The van der Waals surface area contributed by atoms with E-state index in [4.69, 9.17) is 15.2 Å². The van der Waals surface area contributed by atoms with Crippen LogP contribution in [0, 0.1) is 5.92 Å². The van der Waals surface area contributed by atoms with E-state index in [1.807, 2.05) is 12.1 Å². The summed E-state index contributed by atoms with van der Waals surface area (Å²) in [6.07, 6.45) is 3.53. The number of carbonyl (C=O) groups excluding carboxylic acids is 1. The second-order valence-electron chi connectivity index (χ2n) is 7.67. The Balaban J connectivity index is 1.71. The van der Waals surface area contributed by atoms with Crippen LogP contribution in [-0.4, -0.2) is 58.1 Å². The number of pyridine rings is 2. The van der Waals surface area contributed by atoms with Crippen LogP contribution in [0.5, 0.6) is 5.88 Å². The maximum Gasteiger partial charge on any atom is 0.244 e. The van der Waals surface area contributed by atoms with E-state index < -0.39 is 18.1 Å². The lowest BCUT2D eigenvalue weighted by molar-refractivity contribution is -0.120. The van der Waals surface area contributed by atoms with Gasteiger partial charge in [-0.2, -0.15) is 0 Å². The summed E-state index contributed by atoms with van der Waals surface area (Å²) in [5.74, 6) is -0.280. The van der Waals surface area contributed by atoms with Gasteiger partial charge in [-0.15, -0.1) is 0 Å². The third-order valence-electron chi connectivity index (χ3n) is 5.68. The van der Waals surface area contributed by atoms with E-state index in [1.54, 1.807) is 19.4 Å². The monoisotopic (exact) mass is 415 g/mol. The molecule has 1 saturated heterocycles. The number of aryl methyl sites for hydroxylation is 1. The molecule has 2 aromatic rings. The van der Waals surface area contributed by atoms with Crippen LogP contribution in [0.3, 0.4) is 0 Å². The van der Waals surface area contributed by atoms with Crippen LogP contribution in [0.4, 0.5) is 0 Å². The highest BCUT2D eigenvalue weighted by molar-refractivity contribution is 5.91. The van der Waals surface area contributed by atoms with Crippen molar-refractivity contribution >= 4 is 16.9 Å². The van der Waals surface area contributed by atoms with Crippen molar-refractivity contribution in [1.29, 1.82) is 0 Å². The van der Waals surface area contributed by atoms with Gasteiger partial charge < -0.3 is 25.4 Å². The number of nitrogens with zero attached hydrogens (tertiary/aromatic N) is 2. The highest BCUT2D eigenvalue weighted by Crippen LogP contribution is 2.34. The van der Waals surface area contributed by atoms with Gasteiger partial charge in [-0.3, -0.25) is 9.78 Å². The van der Waals surface area contributed by atoms with Gasteiger partial charge in [0, 0.05) is 30.2 Å². The molecule has 162 valence electrons. The van der Waals surface area contributed by atoms with Crippen LogP contribution in [-0.2, 0) is 16.0 Å². The maximum absolute atomic E-state index is 11.6. The lowest BCUT2D eigenvalue weighted by Crippen LogP contribution is -2.41. The molecule has 4 atom stereocenters. The molecular formula is C22H29N3O5. The standard InChI is InChI=1S/C22H29N3O5/c1-13(22(23)28)17-6-5-16(30-19(17)11-15(27)12-26)4-3-14-9-10-24-18-7-8-20(29-2)25-21(14)18/h7-10,15-17,19,26-27H,1,3-6,11-12H2,2H3,(H2,23,28)/t15-,16+,17-,19-/m1/s1. The lowest BCUT2D eigenvalue weighted by atomic mass is 9.82. The number of amides is 1. The van der Waals surface area contributed by atoms with Crippen LogP contribution in [0.1, 0.15) is 31.2 Å². The summed E-state index contributed by atoms with van der Waals surface area (Å²) in [6.45, 7) is 3.44. The Hall–Kier alpha value is -2.55. The molecule has 2 aromatic heterocycles. The van der Waals surface area contributed by atoms with E-state index in [-0.39, 0.29) is 25.0 Å². The molecule has 0 spiro atoms. The number of nitrogens with two attached hydrogens (primary N) is 1. The molecule has 4 N–H and O–H groups in total. The van der Waals surface area contributed by atoms with Gasteiger partial charge in [0.1, 0.15) is 0 Å². The molecule has 8 heteroatoms. The Morgan fingerprint density at radius 3 is 2.90 bits per heavy atom. The van der Waals surface area contributed by atoms with Crippen LogP contribution >= 0.6 is 0 Å². The number of hydrogen-bond donors (Lipinski definition) is 3. The predicted octanol–water partition coefficient (Wildman–Crippen LogP) is 1.52.